The van der Waals surface area contributed by atoms with E-state index in [1.54, 1.807) is 6.07 Å². The molecular formula is C10H13ClFN3. The average molecular weight is 230 g/mol. The van der Waals surface area contributed by atoms with Crippen molar-refractivity contribution in [3.63, 3.8) is 0 Å². The third kappa shape index (κ3) is 2.56. The number of alkyl halides is 1. The zero-order chi connectivity index (χ0) is 10.7. The lowest BCUT2D eigenvalue weighted by molar-refractivity contribution is 0.307. The molecule has 0 aromatic carbocycles. The fourth-order valence-corrected chi connectivity index (χ4v) is 1.95. The summed E-state index contributed by atoms with van der Waals surface area (Å²) >= 11 is 5.78. The van der Waals surface area contributed by atoms with Crippen LogP contribution in [0.5, 0.6) is 0 Å². The second kappa shape index (κ2) is 4.75. The first-order valence-electron chi connectivity index (χ1n) is 5.08. The van der Waals surface area contributed by atoms with Crippen LogP contribution in [0.2, 0.25) is 5.15 Å². The van der Waals surface area contributed by atoms with Gasteiger partial charge < -0.3 is 4.90 Å². The van der Waals surface area contributed by atoms with Crippen LogP contribution in [0.1, 0.15) is 12.8 Å². The first kappa shape index (κ1) is 10.6. The molecule has 1 fully saturated rings. The quantitative estimate of drug-likeness (QED) is 0.729. The maximum Gasteiger partial charge on any atom is 0.134 e. The van der Waals surface area contributed by atoms with E-state index in [0.29, 0.717) is 5.15 Å². The Kier molecular flexibility index (Phi) is 3.36. The number of piperidine rings is 1. The molecule has 1 aliphatic heterocycles. The molecule has 0 spiro atoms. The van der Waals surface area contributed by atoms with Gasteiger partial charge in [0.1, 0.15) is 17.3 Å². The fourth-order valence-electron chi connectivity index (χ4n) is 1.81. The van der Waals surface area contributed by atoms with Gasteiger partial charge in [0.2, 0.25) is 0 Å². The SMILES string of the molecule is FCC1CCN(c2cc(Cl)ncn2)CC1. The molecule has 0 N–H and O–H groups in total. The van der Waals surface area contributed by atoms with E-state index in [1.807, 2.05) is 0 Å². The van der Waals surface area contributed by atoms with Crippen molar-refractivity contribution < 1.29 is 4.39 Å². The summed E-state index contributed by atoms with van der Waals surface area (Å²) in [7, 11) is 0. The molecule has 3 nitrogen and oxygen atoms in total. The molecule has 0 unspecified atom stereocenters. The van der Waals surface area contributed by atoms with Crippen LogP contribution in [-0.2, 0) is 0 Å². The van der Waals surface area contributed by atoms with E-state index in [2.05, 4.69) is 14.9 Å². The lowest BCUT2D eigenvalue weighted by Gasteiger charge is -2.31. The Balaban J connectivity index is 2.01. The lowest BCUT2D eigenvalue weighted by Crippen LogP contribution is -2.34. The van der Waals surface area contributed by atoms with Crippen molar-refractivity contribution in [1.29, 1.82) is 0 Å². The molecule has 0 radical (unpaired) electrons. The Morgan fingerprint density at radius 2 is 2.13 bits per heavy atom. The molecule has 0 aliphatic carbocycles. The minimum Gasteiger partial charge on any atom is -0.356 e. The molecule has 1 saturated heterocycles. The normalized spacial score (nSPS) is 18.1. The standard InChI is InChI=1S/C10H13ClFN3/c11-9-5-10(14-7-13-9)15-3-1-8(6-12)2-4-15/h5,7-8H,1-4,6H2. The van der Waals surface area contributed by atoms with Crippen LogP contribution in [-0.4, -0.2) is 29.7 Å². The van der Waals surface area contributed by atoms with Crippen LogP contribution in [0.25, 0.3) is 0 Å². The minimum atomic E-state index is -0.210. The van der Waals surface area contributed by atoms with Crippen LogP contribution < -0.4 is 4.90 Å². The summed E-state index contributed by atoms with van der Waals surface area (Å²) in [6, 6.07) is 1.75. The number of rotatable bonds is 2. The summed E-state index contributed by atoms with van der Waals surface area (Å²) in [6.45, 7) is 1.49. The van der Waals surface area contributed by atoms with E-state index < -0.39 is 0 Å². The maximum atomic E-state index is 12.4. The smallest absolute Gasteiger partial charge is 0.134 e. The van der Waals surface area contributed by atoms with Gasteiger partial charge in [-0.15, -0.1) is 0 Å². The second-order valence-corrected chi connectivity index (χ2v) is 4.17. The summed E-state index contributed by atoms with van der Waals surface area (Å²) in [6.07, 6.45) is 3.23. The summed E-state index contributed by atoms with van der Waals surface area (Å²) in [5.41, 5.74) is 0. The Morgan fingerprint density at radius 1 is 1.40 bits per heavy atom. The van der Waals surface area contributed by atoms with Crippen LogP contribution in [0.4, 0.5) is 10.2 Å². The number of anilines is 1. The molecule has 82 valence electrons. The van der Waals surface area contributed by atoms with Crippen LogP contribution in [0.3, 0.4) is 0 Å². The third-order valence-corrected chi connectivity index (χ3v) is 2.98. The molecule has 0 amide bonds. The average Bonchev–Trinajstić information content (AvgIpc) is 2.29. The number of halogens is 2. The first-order chi connectivity index (χ1) is 7.29. The summed E-state index contributed by atoms with van der Waals surface area (Å²) < 4.78 is 12.4. The van der Waals surface area contributed by atoms with Gasteiger partial charge in [0.15, 0.2) is 0 Å². The molecular weight excluding hydrogens is 217 g/mol. The van der Waals surface area contributed by atoms with Crippen molar-refractivity contribution in [3.05, 3.63) is 17.5 Å². The van der Waals surface area contributed by atoms with Crippen molar-refractivity contribution in [2.75, 3.05) is 24.7 Å². The van der Waals surface area contributed by atoms with E-state index in [-0.39, 0.29) is 12.6 Å². The van der Waals surface area contributed by atoms with E-state index in [4.69, 9.17) is 11.6 Å². The molecule has 0 saturated carbocycles. The molecule has 2 rings (SSSR count). The topological polar surface area (TPSA) is 29.0 Å². The number of hydrogen-bond acceptors (Lipinski definition) is 3. The van der Waals surface area contributed by atoms with Gasteiger partial charge in [-0.2, -0.15) is 0 Å². The van der Waals surface area contributed by atoms with Gasteiger partial charge in [-0.05, 0) is 18.8 Å². The van der Waals surface area contributed by atoms with Crippen molar-refractivity contribution >= 4 is 17.4 Å². The van der Waals surface area contributed by atoms with Crippen molar-refractivity contribution in [3.8, 4) is 0 Å². The highest BCUT2D eigenvalue weighted by Crippen LogP contribution is 2.22. The number of hydrogen-bond donors (Lipinski definition) is 0. The van der Waals surface area contributed by atoms with E-state index in [0.717, 1.165) is 31.7 Å². The lowest BCUT2D eigenvalue weighted by atomic mass is 9.98. The van der Waals surface area contributed by atoms with Gasteiger partial charge >= 0.3 is 0 Å². The Morgan fingerprint density at radius 3 is 2.73 bits per heavy atom. The van der Waals surface area contributed by atoms with Gasteiger partial charge in [-0.1, -0.05) is 11.6 Å². The molecule has 5 heteroatoms. The zero-order valence-corrected chi connectivity index (χ0v) is 9.12. The van der Waals surface area contributed by atoms with Crippen LogP contribution >= 0.6 is 11.6 Å². The van der Waals surface area contributed by atoms with Crippen LogP contribution in [0.15, 0.2) is 12.4 Å². The Bertz CT molecular complexity index is 326. The molecule has 15 heavy (non-hydrogen) atoms. The maximum absolute atomic E-state index is 12.4. The highest BCUT2D eigenvalue weighted by atomic mass is 35.5. The van der Waals surface area contributed by atoms with E-state index in [1.165, 1.54) is 6.33 Å². The highest BCUT2D eigenvalue weighted by molar-refractivity contribution is 6.29. The number of nitrogens with zero attached hydrogens (tertiary/aromatic N) is 3. The van der Waals surface area contributed by atoms with Gasteiger partial charge in [-0.25, -0.2) is 9.97 Å². The Hall–Kier alpha value is -0.900. The van der Waals surface area contributed by atoms with E-state index in [9.17, 15) is 4.39 Å². The van der Waals surface area contributed by atoms with Gasteiger partial charge in [0.25, 0.3) is 0 Å². The zero-order valence-electron chi connectivity index (χ0n) is 8.37. The summed E-state index contributed by atoms with van der Waals surface area (Å²) in [5.74, 6) is 1.06. The van der Waals surface area contributed by atoms with E-state index >= 15 is 0 Å². The first-order valence-corrected chi connectivity index (χ1v) is 5.46. The van der Waals surface area contributed by atoms with Crippen molar-refractivity contribution in [1.82, 2.24) is 9.97 Å². The molecule has 0 bridgehead atoms. The Labute approximate surface area is 93.3 Å². The largest absolute Gasteiger partial charge is 0.356 e. The summed E-state index contributed by atoms with van der Waals surface area (Å²) in [5, 5.41) is 0.451. The fraction of sp³-hybridized carbons (Fsp3) is 0.600. The predicted molar refractivity (Wildman–Crippen MR) is 58.0 cm³/mol. The van der Waals surface area contributed by atoms with Gasteiger partial charge in [0, 0.05) is 19.2 Å². The second-order valence-electron chi connectivity index (χ2n) is 3.78. The van der Waals surface area contributed by atoms with Crippen LogP contribution in [0, 0.1) is 5.92 Å². The van der Waals surface area contributed by atoms with Gasteiger partial charge in [-0.3, -0.25) is 4.39 Å². The molecule has 1 aromatic heterocycles. The van der Waals surface area contributed by atoms with Gasteiger partial charge in [0.05, 0.1) is 6.67 Å². The molecule has 1 aromatic rings. The van der Waals surface area contributed by atoms with Crippen molar-refractivity contribution in [2.45, 2.75) is 12.8 Å². The highest BCUT2D eigenvalue weighted by Gasteiger charge is 2.19. The van der Waals surface area contributed by atoms with Crippen molar-refractivity contribution in [2.24, 2.45) is 5.92 Å². The molecule has 1 aliphatic rings. The monoisotopic (exact) mass is 229 g/mol. The third-order valence-electron chi connectivity index (χ3n) is 2.78. The predicted octanol–water partition coefficient (Wildman–Crippen LogP) is 2.32. The molecule has 0 atom stereocenters. The molecule has 2 heterocycles. The number of aromatic nitrogens is 2. The summed E-state index contributed by atoms with van der Waals surface area (Å²) in [4.78, 5) is 10.1. The minimum absolute atomic E-state index is 0.210.